The van der Waals surface area contributed by atoms with E-state index in [1.165, 1.54) is 0 Å². The summed E-state index contributed by atoms with van der Waals surface area (Å²) in [6, 6.07) is 7.49. The van der Waals surface area contributed by atoms with E-state index in [2.05, 4.69) is 6.07 Å². The quantitative estimate of drug-likeness (QED) is 0.862. The topological polar surface area (TPSA) is 78.2 Å². The third-order valence-corrected chi connectivity index (χ3v) is 7.63. The Morgan fingerprint density at radius 3 is 2.48 bits per heavy atom. The molecule has 0 aliphatic carbocycles. The first-order valence-corrected chi connectivity index (χ1v) is 8.95. The Bertz CT molecular complexity index is 698. The van der Waals surface area contributed by atoms with Gasteiger partial charge in [0.05, 0.1) is 27.7 Å². The van der Waals surface area contributed by atoms with Gasteiger partial charge in [0.15, 0.2) is 9.84 Å². The van der Waals surface area contributed by atoms with Gasteiger partial charge in [-0.15, -0.1) is 0 Å². The summed E-state index contributed by atoms with van der Waals surface area (Å²) < 4.78 is 24.8. The average Bonchev–Trinajstić information content (AvgIpc) is 2.40. The zero-order chi connectivity index (χ0) is 15.3. The van der Waals surface area contributed by atoms with Crippen LogP contribution < -0.4 is 0 Å². The number of hydrogen-bond donors (Lipinski definition) is 1. The highest BCUT2D eigenvalue weighted by Gasteiger charge is 2.51. The largest absolute Gasteiger partial charge is 0.385 e. The van der Waals surface area contributed by atoms with Gasteiger partial charge in [-0.3, -0.25) is 0 Å². The van der Waals surface area contributed by atoms with Crippen LogP contribution in [0.1, 0.15) is 48.8 Å². The van der Waals surface area contributed by atoms with Crippen LogP contribution in [0.2, 0.25) is 0 Å². The fourth-order valence-corrected chi connectivity index (χ4v) is 6.58. The molecule has 3 rings (SSSR count). The number of aryl methyl sites for hydroxylation is 1. The molecule has 0 amide bonds. The van der Waals surface area contributed by atoms with Gasteiger partial charge in [0.25, 0.3) is 0 Å². The Morgan fingerprint density at radius 2 is 1.90 bits per heavy atom. The molecule has 0 spiro atoms. The molecule has 2 atom stereocenters. The molecule has 2 unspecified atom stereocenters. The van der Waals surface area contributed by atoms with Crippen LogP contribution in [0.3, 0.4) is 0 Å². The van der Waals surface area contributed by atoms with Gasteiger partial charge in [-0.05, 0) is 44.2 Å². The van der Waals surface area contributed by atoms with Gasteiger partial charge >= 0.3 is 0 Å². The van der Waals surface area contributed by atoms with Gasteiger partial charge in [-0.1, -0.05) is 18.6 Å². The van der Waals surface area contributed by atoms with Crippen molar-refractivity contribution < 1.29 is 13.5 Å². The molecule has 1 N–H and O–H groups in total. The Balaban J connectivity index is 2.10. The summed E-state index contributed by atoms with van der Waals surface area (Å²) in [4.78, 5) is 0. The minimum Gasteiger partial charge on any atom is -0.385 e. The molecule has 2 bridgehead atoms. The minimum absolute atomic E-state index is 0.214. The van der Waals surface area contributed by atoms with Crippen LogP contribution in [0.15, 0.2) is 18.2 Å². The van der Waals surface area contributed by atoms with E-state index >= 15 is 0 Å². The second kappa shape index (κ2) is 4.82. The monoisotopic (exact) mass is 305 g/mol. The molecule has 112 valence electrons. The standard InChI is InChI=1S/C16H19NO3S/c1-11-4-2-5-12(10-17)15(11)16(18)8-13-6-3-7-14(9-16)21(13,19)20/h2,4-5,13-14,18H,3,6-9H2,1H3. The Labute approximate surface area is 125 Å². The molecule has 2 fully saturated rings. The van der Waals surface area contributed by atoms with Crippen LogP contribution in [0, 0.1) is 18.3 Å². The summed E-state index contributed by atoms with van der Waals surface area (Å²) in [5.41, 5.74) is 0.736. The van der Waals surface area contributed by atoms with E-state index in [1.54, 1.807) is 12.1 Å². The molecule has 0 saturated carbocycles. The van der Waals surface area contributed by atoms with E-state index in [1.807, 2.05) is 13.0 Å². The van der Waals surface area contributed by atoms with Crippen LogP contribution in [-0.2, 0) is 15.4 Å². The van der Waals surface area contributed by atoms with Gasteiger partial charge in [-0.2, -0.15) is 5.26 Å². The number of nitriles is 1. The lowest BCUT2D eigenvalue weighted by molar-refractivity contribution is 0.00422. The van der Waals surface area contributed by atoms with Gasteiger partial charge in [0, 0.05) is 5.56 Å². The third kappa shape index (κ3) is 2.18. The van der Waals surface area contributed by atoms with Crippen LogP contribution in [-0.4, -0.2) is 24.0 Å². The van der Waals surface area contributed by atoms with Crippen molar-refractivity contribution in [3.05, 3.63) is 34.9 Å². The second-order valence-corrected chi connectivity index (χ2v) is 8.82. The average molecular weight is 305 g/mol. The molecule has 21 heavy (non-hydrogen) atoms. The van der Waals surface area contributed by atoms with Gasteiger partial charge in [0.2, 0.25) is 0 Å². The maximum absolute atomic E-state index is 12.4. The van der Waals surface area contributed by atoms with Crippen molar-refractivity contribution >= 4 is 9.84 Å². The first-order chi connectivity index (χ1) is 9.88. The maximum Gasteiger partial charge on any atom is 0.156 e. The molecule has 0 radical (unpaired) electrons. The fourth-order valence-electron chi connectivity index (χ4n) is 4.03. The van der Waals surface area contributed by atoms with Crippen LogP contribution in [0.5, 0.6) is 0 Å². The zero-order valence-corrected chi connectivity index (χ0v) is 12.9. The van der Waals surface area contributed by atoms with Crippen molar-refractivity contribution in [3.8, 4) is 6.07 Å². The molecular weight excluding hydrogens is 286 g/mol. The van der Waals surface area contributed by atoms with Crippen molar-refractivity contribution in [3.63, 3.8) is 0 Å². The van der Waals surface area contributed by atoms with E-state index in [0.29, 0.717) is 24.0 Å². The molecule has 2 aliphatic rings. The highest BCUT2D eigenvalue weighted by Crippen LogP contribution is 2.47. The lowest BCUT2D eigenvalue weighted by Crippen LogP contribution is -2.50. The molecule has 1 aromatic rings. The highest BCUT2D eigenvalue weighted by atomic mass is 32.2. The first kappa shape index (κ1) is 14.6. The van der Waals surface area contributed by atoms with E-state index in [9.17, 15) is 18.8 Å². The van der Waals surface area contributed by atoms with Crippen molar-refractivity contribution in [2.45, 2.75) is 55.1 Å². The first-order valence-electron chi connectivity index (χ1n) is 7.34. The van der Waals surface area contributed by atoms with Crippen LogP contribution >= 0.6 is 0 Å². The van der Waals surface area contributed by atoms with Crippen LogP contribution in [0.25, 0.3) is 0 Å². The number of nitrogens with zero attached hydrogens (tertiary/aromatic N) is 1. The minimum atomic E-state index is -3.12. The molecule has 2 aliphatic heterocycles. The highest BCUT2D eigenvalue weighted by molar-refractivity contribution is 7.92. The van der Waals surface area contributed by atoms with Gasteiger partial charge < -0.3 is 5.11 Å². The number of fused-ring (bicyclic) bond motifs is 2. The number of rotatable bonds is 1. The smallest absolute Gasteiger partial charge is 0.156 e. The third-order valence-electron chi connectivity index (χ3n) is 4.97. The van der Waals surface area contributed by atoms with Crippen molar-refractivity contribution in [1.82, 2.24) is 0 Å². The Hall–Kier alpha value is -1.38. The Morgan fingerprint density at radius 1 is 1.29 bits per heavy atom. The Kier molecular flexibility index (Phi) is 3.34. The lowest BCUT2D eigenvalue weighted by atomic mass is 9.77. The van der Waals surface area contributed by atoms with Crippen molar-refractivity contribution in [1.29, 1.82) is 5.26 Å². The summed E-state index contributed by atoms with van der Waals surface area (Å²) in [5, 5.41) is 19.5. The van der Waals surface area contributed by atoms with Crippen LogP contribution in [0.4, 0.5) is 0 Å². The maximum atomic E-state index is 12.4. The number of benzene rings is 1. The molecule has 2 saturated heterocycles. The summed E-state index contributed by atoms with van der Waals surface area (Å²) in [6.07, 6.45) is 2.57. The summed E-state index contributed by atoms with van der Waals surface area (Å²) in [6.45, 7) is 1.87. The van der Waals surface area contributed by atoms with E-state index in [0.717, 1.165) is 12.0 Å². The SMILES string of the molecule is Cc1cccc(C#N)c1C1(O)CC2CCCC(C1)S2(=O)=O. The number of hydrogen-bond acceptors (Lipinski definition) is 4. The van der Waals surface area contributed by atoms with Crippen molar-refractivity contribution in [2.75, 3.05) is 0 Å². The number of sulfone groups is 1. The van der Waals surface area contributed by atoms with Gasteiger partial charge in [-0.25, -0.2) is 8.42 Å². The molecule has 4 nitrogen and oxygen atoms in total. The van der Waals surface area contributed by atoms with E-state index in [4.69, 9.17) is 0 Å². The normalized spacial score (nSPS) is 34.1. The predicted octanol–water partition coefficient (Wildman–Crippen LogP) is 2.18. The predicted molar refractivity (Wildman–Crippen MR) is 79.4 cm³/mol. The summed E-state index contributed by atoms with van der Waals surface area (Å²) >= 11 is 0. The summed E-state index contributed by atoms with van der Waals surface area (Å²) in [5.74, 6) is 0. The van der Waals surface area contributed by atoms with E-state index < -0.39 is 25.9 Å². The second-order valence-electron chi connectivity index (χ2n) is 6.31. The zero-order valence-electron chi connectivity index (χ0n) is 12.0. The molecule has 5 heteroatoms. The van der Waals surface area contributed by atoms with Crippen molar-refractivity contribution in [2.24, 2.45) is 0 Å². The fraction of sp³-hybridized carbons (Fsp3) is 0.562. The molecule has 2 heterocycles. The van der Waals surface area contributed by atoms with E-state index in [-0.39, 0.29) is 12.8 Å². The number of aliphatic hydroxyl groups is 1. The molecule has 1 aromatic carbocycles. The summed E-state index contributed by atoms with van der Waals surface area (Å²) in [7, 11) is -3.12. The van der Waals surface area contributed by atoms with Gasteiger partial charge in [0.1, 0.15) is 0 Å². The molecular formula is C16H19NO3S. The molecule has 0 aromatic heterocycles. The lowest BCUT2D eigenvalue weighted by Gasteiger charge is -2.44.